The van der Waals surface area contributed by atoms with Crippen LogP contribution in [-0.4, -0.2) is 37.1 Å². The number of nitrogen functional groups attached to an aromatic ring is 1. The van der Waals surface area contributed by atoms with Crippen LogP contribution in [0, 0.1) is 0 Å². The van der Waals surface area contributed by atoms with Crippen molar-refractivity contribution in [2.24, 2.45) is 0 Å². The third kappa shape index (κ3) is 5.22. The van der Waals surface area contributed by atoms with Gasteiger partial charge in [-0.1, -0.05) is 18.2 Å². The molecule has 8 heteroatoms. The molecule has 1 aliphatic heterocycles. The lowest BCUT2D eigenvalue weighted by molar-refractivity contribution is -0.121. The largest absolute Gasteiger partial charge is 0.493 e. The lowest BCUT2D eigenvalue weighted by Crippen LogP contribution is -2.31. The van der Waals surface area contributed by atoms with Gasteiger partial charge in [0.2, 0.25) is 11.8 Å². The maximum atomic E-state index is 12.9. The normalized spacial score (nSPS) is 15.6. The third-order valence-electron chi connectivity index (χ3n) is 5.50. The standard InChI is InChI=1S/C27H24N2O5S/c1-33-23-8-3-5-18(26(23)34-2)11-14-22(30)17-9-12-20(13-10-17)29-25(31)16-24(27(29)32)35-21-7-4-6-19(28)15-21/h3-15,24H,16,28H2,1-2H3/b14-11+. The third-order valence-corrected chi connectivity index (χ3v) is 6.68. The Morgan fingerprint density at radius 3 is 2.46 bits per heavy atom. The number of amides is 2. The molecular weight excluding hydrogens is 464 g/mol. The highest BCUT2D eigenvalue weighted by Crippen LogP contribution is 2.35. The Morgan fingerprint density at radius 1 is 1.03 bits per heavy atom. The molecule has 2 N–H and O–H groups in total. The molecule has 2 amide bonds. The first-order valence-corrected chi connectivity index (χ1v) is 11.7. The van der Waals surface area contributed by atoms with Crippen molar-refractivity contribution in [2.75, 3.05) is 24.9 Å². The van der Waals surface area contributed by atoms with Crippen LogP contribution in [-0.2, 0) is 9.59 Å². The first-order chi connectivity index (χ1) is 16.9. The van der Waals surface area contributed by atoms with Crippen molar-refractivity contribution in [2.45, 2.75) is 16.6 Å². The van der Waals surface area contributed by atoms with E-state index < -0.39 is 5.25 Å². The number of hydrogen-bond acceptors (Lipinski definition) is 7. The Bertz CT molecular complexity index is 1300. The predicted octanol–water partition coefficient (Wildman–Crippen LogP) is 4.61. The van der Waals surface area contributed by atoms with Crippen molar-refractivity contribution in [1.29, 1.82) is 0 Å². The first-order valence-electron chi connectivity index (χ1n) is 10.8. The van der Waals surface area contributed by atoms with Gasteiger partial charge in [-0.15, -0.1) is 11.8 Å². The van der Waals surface area contributed by atoms with E-state index in [0.29, 0.717) is 34.0 Å². The number of anilines is 2. The zero-order chi connectivity index (χ0) is 24.9. The van der Waals surface area contributed by atoms with E-state index in [0.717, 1.165) is 4.90 Å². The molecule has 0 aromatic heterocycles. The van der Waals surface area contributed by atoms with Crippen molar-refractivity contribution in [1.82, 2.24) is 0 Å². The van der Waals surface area contributed by atoms with Crippen LogP contribution in [0.2, 0.25) is 0 Å². The van der Waals surface area contributed by atoms with E-state index in [4.69, 9.17) is 15.2 Å². The van der Waals surface area contributed by atoms with E-state index in [2.05, 4.69) is 0 Å². The zero-order valence-electron chi connectivity index (χ0n) is 19.3. The van der Waals surface area contributed by atoms with Gasteiger partial charge in [0.1, 0.15) is 0 Å². The molecule has 3 aromatic carbocycles. The fraction of sp³-hybridized carbons (Fsp3) is 0.148. The quantitative estimate of drug-likeness (QED) is 0.214. The van der Waals surface area contributed by atoms with Crippen molar-refractivity contribution in [3.8, 4) is 11.5 Å². The van der Waals surface area contributed by atoms with Gasteiger partial charge in [-0.05, 0) is 60.7 Å². The summed E-state index contributed by atoms with van der Waals surface area (Å²) in [6.45, 7) is 0. The molecule has 7 nitrogen and oxygen atoms in total. The molecule has 1 unspecified atom stereocenters. The lowest BCUT2D eigenvalue weighted by atomic mass is 10.1. The predicted molar refractivity (Wildman–Crippen MR) is 137 cm³/mol. The molecule has 4 rings (SSSR count). The Hall–Kier alpha value is -4.04. The van der Waals surface area contributed by atoms with Gasteiger partial charge in [-0.25, -0.2) is 4.90 Å². The Balaban J connectivity index is 1.47. The number of carbonyl (C=O) groups is 3. The number of para-hydroxylation sites is 1. The molecule has 0 spiro atoms. The van der Waals surface area contributed by atoms with Crippen molar-refractivity contribution in [3.05, 3.63) is 83.9 Å². The van der Waals surface area contributed by atoms with Crippen LogP contribution in [0.1, 0.15) is 22.3 Å². The van der Waals surface area contributed by atoms with Gasteiger partial charge < -0.3 is 15.2 Å². The summed E-state index contributed by atoms with van der Waals surface area (Å²) < 4.78 is 10.7. The number of allylic oxidation sites excluding steroid dienone is 1. The molecular formula is C27H24N2O5S. The molecule has 0 radical (unpaired) electrons. The molecule has 1 aliphatic rings. The summed E-state index contributed by atoms with van der Waals surface area (Å²) in [5.41, 5.74) is 7.98. The maximum Gasteiger partial charge on any atom is 0.247 e. The van der Waals surface area contributed by atoms with Gasteiger partial charge >= 0.3 is 0 Å². The van der Waals surface area contributed by atoms with E-state index in [9.17, 15) is 14.4 Å². The fourth-order valence-electron chi connectivity index (χ4n) is 3.80. The minimum atomic E-state index is -0.522. The molecule has 1 saturated heterocycles. The highest BCUT2D eigenvalue weighted by molar-refractivity contribution is 8.00. The molecule has 0 bridgehead atoms. The second-order valence-electron chi connectivity index (χ2n) is 7.78. The second kappa shape index (κ2) is 10.5. The summed E-state index contributed by atoms with van der Waals surface area (Å²) >= 11 is 1.32. The average molecular weight is 489 g/mol. The SMILES string of the molecule is COc1cccc(/C=C/C(=O)c2ccc(N3C(=O)CC(Sc4cccc(N)c4)C3=O)cc2)c1OC. The number of nitrogens with zero attached hydrogens (tertiary/aromatic N) is 1. The fourth-order valence-corrected chi connectivity index (χ4v) is 4.92. The number of nitrogens with two attached hydrogens (primary N) is 1. The van der Waals surface area contributed by atoms with Gasteiger partial charge in [0.15, 0.2) is 17.3 Å². The smallest absolute Gasteiger partial charge is 0.247 e. The molecule has 0 aliphatic carbocycles. The number of benzene rings is 3. The average Bonchev–Trinajstić information content (AvgIpc) is 3.14. The summed E-state index contributed by atoms with van der Waals surface area (Å²) in [4.78, 5) is 40.3. The van der Waals surface area contributed by atoms with Crippen molar-refractivity contribution in [3.63, 3.8) is 0 Å². The monoisotopic (exact) mass is 488 g/mol. The van der Waals surface area contributed by atoms with Crippen LogP contribution in [0.25, 0.3) is 6.08 Å². The topological polar surface area (TPSA) is 98.9 Å². The Labute approximate surface area is 207 Å². The maximum absolute atomic E-state index is 12.9. The van der Waals surface area contributed by atoms with Crippen LogP contribution in [0.5, 0.6) is 11.5 Å². The van der Waals surface area contributed by atoms with E-state index >= 15 is 0 Å². The summed E-state index contributed by atoms with van der Waals surface area (Å²) in [7, 11) is 3.08. The van der Waals surface area contributed by atoms with E-state index in [1.54, 1.807) is 55.7 Å². The van der Waals surface area contributed by atoms with Crippen LogP contribution < -0.4 is 20.1 Å². The first kappa shape index (κ1) is 24.1. The van der Waals surface area contributed by atoms with Crippen molar-refractivity contribution < 1.29 is 23.9 Å². The summed E-state index contributed by atoms with van der Waals surface area (Å²) in [5.74, 6) is 0.312. The van der Waals surface area contributed by atoms with Crippen molar-refractivity contribution >= 4 is 46.8 Å². The van der Waals surface area contributed by atoms with Crippen LogP contribution in [0.15, 0.2) is 77.7 Å². The number of carbonyl (C=O) groups excluding carboxylic acids is 3. The number of methoxy groups -OCH3 is 2. The van der Waals surface area contributed by atoms with Crippen LogP contribution in [0.3, 0.4) is 0 Å². The number of rotatable bonds is 8. The minimum Gasteiger partial charge on any atom is -0.493 e. The van der Waals surface area contributed by atoms with E-state index in [1.165, 1.54) is 29.8 Å². The molecule has 35 heavy (non-hydrogen) atoms. The summed E-state index contributed by atoms with van der Waals surface area (Å²) in [6, 6.07) is 19.0. The Kier molecular flexibility index (Phi) is 7.22. The van der Waals surface area contributed by atoms with Gasteiger partial charge in [-0.2, -0.15) is 0 Å². The lowest BCUT2D eigenvalue weighted by Gasteiger charge is -2.15. The van der Waals surface area contributed by atoms with Crippen LogP contribution >= 0.6 is 11.8 Å². The van der Waals surface area contributed by atoms with E-state index in [1.807, 2.05) is 24.3 Å². The number of hydrogen-bond donors (Lipinski definition) is 1. The van der Waals surface area contributed by atoms with E-state index in [-0.39, 0.29) is 24.0 Å². The molecule has 178 valence electrons. The molecule has 3 aromatic rings. The molecule has 1 fully saturated rings. The number of ether oxygens (including phenoxy) is 2. The van der Waals surface area contributed by atoms with Crippen LogP contribution in [0.4, 0.5) is 11.4 Å². The summed E-state index contributed by atoms with van der Waals surface area (Å²) in [6.07, 6.45) is 3.20. The van der Waals surface area contributed by atoms with Gasteiger partial charge in [0.05, 0.1) is 25.2 Å². The number of imide groups is 1. The minimum absolute atomic E-state index is 0.101. The highest BCUT2D eigenvalue weighted by atomic mass is 32.2. The Morgan fingerprint density at radius 2 is 1.77 bits per heavy atom. The molecule has 1 atom stereocenters. The molecule has 1 heterocycles. The van der Waals surface area contributed by atoms with Gasteiger partial charge in [0, 0.05) is 28.1 Å². The zero-order valence-corrected chi connectivity index (χ0v) is 20.1. The summed E-state index contributed by atoms with van der Waals surface area (Å²) in [5, 5.41) is -0.522. The molecule has 0 saturated carbocycles. The highest BCUT2D eigenvalue weighted by Gasteiger charge is 2.40. The number of ketones is 1. The van der Waals surface area contributed by atoms with Gasteiger partial charge in [-0.3, -0.25) is 14.4 Å². The second-order valence-corrected chi connectivity index (χ2v) is 9.05. The number of thioether (sulfide) groups is 1. The van der Waals surface area contributed by atoms with Gasteiger partial charge in [0.25, 0.3) is 0 Å².